The SMILES string of the molecule is O=C(O)[C@H]1CCSCC[C@@H]1O. The molecule has 0 amide bonds. The zero-order valence-electron chi connectivity index (χ0n) is 6.19. The Bertz CT molecular complexity index is 149. The first-order valence-electron chi connectivity index (χ1n) is 3.70. The Hall–Kier alpha value is -0.220. The van der Waals surface area contributed by atoms with Crippen LogP contribution in [0.5, 0.6) is 0 Å². The van der Waals surface area contributed by atoms with Crippen LogP contribution >= 0.6 is 11.8 Å². The van der Waals surface area contributed by atoms with Gasteiger partial charge >= 0.3 is 5.97 Å². The van der Waals surface area contributed by atoms with Gasteiger partial charge in [-0.15, -0.1) is 0 Å². The van der Waals surface area contributed by atoms with Crippen molar-refractivity contribution in [1.82, 2.24) is 0 Å². The van der Waals surface area contributed by atoms with Crippen LogP contribution in [0.2, 0.25) is 0 Å². The summed E-state index contributed by atoms with van der Waals surface area (Å²) in [6.07, 6.45) is 0.575. The molecule has 0 unspecified atom stereocenters. The summed E-state index contributed by atoms with van der Waals surface area (Å²) >= 11 is 1.72. The Morgan fingerprint density at radius 1 is 1.36 bits per heavy atom. The van der Waals surface area contributed by atoms with E-state index in [0.29, 0.717) is 12.8 Å². The van der Waals surface area contributed by atoms with E-state index >= 15 is 0 Å². The molecule has 0 aromatic carbocycles. The minimum atomic E-state index is -0.861. The van der Waals surface area contributed by atoms with E-state index in [9.17, 15) is 9.90 Å². The Kier molecular flexibility index (Phi) is 3.20. The van der Waals surface area contributed by atoms with Crippen molar-refractivity contribution in [1.29, 1.82) is 0 Å². The van der Waals surface area contributed by atoms with Crippen LogP contribution in [0.4, 0.5) is 0 Å². The molecule has 0 aromatic heterocycles. The lowest BCUT2D eigenvalue weighted by Crippen LogP contribution is -2.27. The second kappa shape index (κ2) is 3.97. The highest BCUT2D eigenvalue weighted by Crippen LogP contribution is 2.22. The quantitative estimate of drug-likeness (QED) is 0.613. The minimum Gasteiger partial charge on any atom is -0.481 e. The molecule has 0 bridgehead atoms. The maximum atomic E-state index is 10.5. The van der Waals surface area contributed by atoms with Gasteiger partial charge in [-0.05, 0) is 24.3 Å². The smallest absolute Gasteiger partial charge is 0.309 e. The molecule has 64 valence electrons. The Labute approximate surface area is 69.8 Å². The van der Waals surface area contributed by atoms with Crippen LogP contribution in [-0.4, -0.2) is 33.8 Å². The number of thioether (sulfide) groups is 1. The van der Waals surface area contributed by atoms with Crippen molar-refractivity contribution in [3.8, 4) is 0 Å². The topological polar surface area (TPSA) is 57.5 Å². The average molecular weight is 176 g/mol. The van der Waals surface area contributed by atoms with Gasteiger partial charge in [-0.25, -0.2) is 0 Å². The van der Waals surface area contributed by atoms with Crippen LogP contribution in [0, 0.1) is 5.92 Å². The second-order valence-electron chi connectivity index (χ2n) is 2.70. The number of rotatable bonds is 1. The summed E-state index contributed by atoms with van der Waals surface area (Å²) in [6, 6.07) is 0. The van der Waals surface area contributed by atoms with E-state index < -0.39 is 18.0 Å². The van der Waals surface area contributed by atoms with Crippen molar-refractivity contribution in [2.24, 2.45) is 5.92 Å². The highest BCUT2D eigenvalue weighted by atomic mass is 32.2. The molecule has 0 spiro atoms. The number of aliphatic hydroxyl groups excluding tert-OH is 1. The molecule has 1 aliphatic heterocycles. The Balaban J connectivity index is 2.52. The van der Waals surface area contributed by atoms with E-state index in [1.54, 1.807) is 11.8 Å². The molecule has 3 nitrogen and oxygen atoms in total. The number of hydrogen-bond donors (Lipinski definition) is 2. The highest BCUT2D eigenvalue weighted by Gasteiger charge is 2.27. The number of carbonyl (C=O) groups is 1. The normalized spacial score (nSPS) is 32.8. The average Bonchev–Trinajstić information content (AvgIpc) is 2.13. The summed E-state index contributed by atoms with van der Waals surface area (Å²) in [5.41, 5.74) is 0. The van der Waals surface area contributed by atoms with Crippen molar-refractivity contribution in [3.05, 3.63) is 0 Å². The van der Waals surface area contributed by atoms with Crippen LogP contribution in [-0.2, 0) is 4.79 Å². The number of aliphatic carboxylic acids is 1. The highest BCUT2D eigenvalue weighted by molar-refractivity contribution is 7.99. The summed E-state index contributed by atoms with van der Waals surface area (Å²) < 4.78 is 0. The van der Waals surface area contributed by atoms with Crippen LogP contribution in [0.25, 0.3) is 0 Å². The molecular formula is C7H12O3S. The van der Waals surface area contributed by atoms with Gasteiger partial charge in [0.05, 0.1) is 12.0 Å². The first kappa shape index (κ1) is 8.87. The van der Waals surface area contributed by atoms with Crippen molar-refractivity contribution in [2.45, 2.75) is 18.9 Å². The lowest BCUT2D eigenvalue weighted by atomic mass is 9.98. The van der Waals surface area contributed by atoms with Crippen molar-refractivity contribution >= 4 is 17.7 Å². The van der Waals surface area contributed by atoms with Gasteiger partial charge in [-0.2, -0.15) is 11.8 Å². The predicted molar refractivity (Wildman–Crippen MR) is 43.7 cm³/mol. The van der Waals surface area contributed by atoms with Crippen molar-refractivity contribution in [3.63, 3.8) is 0 Å². The fraction of sp³-hybridized carbons (Fsp3) is 0.857. The lowest BCUT2D eigenvalue weighted by molar-refractivity contribution is -0.145. The van der Waals surface area contributed by atoms with Gasteiger partial charge < -0.3 is 10.2 Å². The molecule has 11 heavy (non-hydrogen) atoms. The number of carboxylic acids is 1. The molecule has 0 aromatic rings. The van der Waals surface area contributed by atoms with Crippen LogP contribution in [0.1, 0.15) is 12.8 Å². The monoisotopic (exact) mass is 176 g/mol. The van der Waals surface area contributed by atoms with Gasteiger partial charge in [-0.1, -0.05) is 0 Å². The summed E-state index contributed by atoms with van der Waals surface area (Å²) in [4.78, 5) is 10.5. The molecule has 1 heterocycles. The molecule has 2 N–H and O–H groups in total. The summed E-state index contributed by atoms with van der Waals surface area (Å²) in [5.74, 6) is 0.337. The van der Waals surface area contributed by atoms with Gasteiger partial charge in [0.15, 0.2) is 0 Å². The molecule has 1 fully saturated rings. The standard InChI is InChI=1S/C7H12O3S/c8-6-2-4-11-3-1-5(6)7(9)10/h5-6,8H,1-4H2,(H,9,10)/t5-,6-/m0/s1. The maximum absolute atomic E-state index is 10.5. The molecular weight excluding hydrogens is 164 g/mol. The third-order valence-corrected chi connectivity index (χ3v) is 2.96. The van der Waals surface area contributed by atoms with E-state index in [1.165, 1.54) is 0 Å². The molecule has 0 saturated carbocycles. The van der Waals surface area contributed by atoms with Gasteiger partial charge in [0.2, 0.25) is 0 Å². The molecule has 4 heteroatoms. The van der Waals surface area contributed by atoms with Crippen LogP contribution < -0.4 is 0 Å². The first-order valence-corrected chi connectivity index (χ1v) is 4.86. The second-order valence-corrected chi connectivity index (χ2v) is 3.93. The van der Waals surface area contributed by atoms with E-state index in [1.807, 2.05) is 0 Å². The zero-order valence-corrected chi connectivity index (χ0v) is 7.01. The van der Waals surface area contributed by atoms with E-state index in [2.05, 4.69) is 0 Å². The molecule has 0 radical (unpaired) electrons. The summed E-state index contributed by atoms with van der Waals surface area (Å²) in [5, 5.41) is 18.0. The minimum absolute atomic E-state index is 0.537. The third kappa shape index (κ3) is 2.38. The van der Waals surface area contributed by atoms with Gasteiger partial charge in [0.1, 0.15) is 0 Å². The molecule has 0 aliphatic carbocycles. The summed E-state index contributed by atoms with van der Waals surface area (Å²) in [7, 11) is 0. The van der Waals surface area contributed by atoms with Gasteiger partial charge in [-0.3, -0.25) is 4.79 Å². The Morgan fingerprint density at radius 2 is 2.00 bits per heavy atom. The summed E-state index contributed by atoms with van der Waals surface area (Å²) in [6.45, 7) is 0. The Morgan fingerprint density at radius 3 is 2.64 bits per heavy atom. The fourth-order valence-corrected chi connectivity index (χ4v) is 2.23. The zero-order chi connectivity index (χ0) is 8.27. The van der Waals surface area contributed by atoms with E-state index in [0.717, 1.165) is 11.5 Å². The maximum Gasteiger partial charge on any atom is 0.309 e. The van der Waals surface area contributed by atoms with Crippen molar-refractivity contribution < 1.29 is 15.0 Å². The predicted octanol–water partition coefficient (Wildman–Crippen LogP) is 0.575. The van der Waals surface area contributed by atoms with Crippen LogP contribution in [0.3, 0.4) is 0 Å². The van der Waals surface area contributed by atoms with E-state index in [4.69, 9.17) is 5.11 Å². The van der Waals surface area contributed by atoms with Crippen molar-refractivity contribution in [2.75, 3.05) is 11.5 Å². The molecule has 1 rings (SSSR count). The number of hydrogen-bond acceptors (Lipinski definition) is 3. The fourth-order valence-electron chi connectivity index (χ4n) is 1.20. The molecule has 2 atom stereocenters. The molecule has 1 saturated heterocycles. The lowest BCUT2D eigenvalue weighted by Gasteiger charge is -2.14. The molecule has 1 aliphatic rings. The van der Waals surface area contributed by atoms with Gasteiger partial charge in [0.25, 0.3) is 0 Å². The first-order chi connectivity index (χ1) is 5.22. The third-order valence-electron chi connectivity index (χ3n) is 1.91. The number of carboxylic acid groups (broad SMARTS) is 1. The van der Waals surface area contributed by atoms with E-state index in [-0.39, 0.29) is 0 Å². The van der Waals surface area contributed by atoms with Gasteiger partial charge in [0, 0.05) is 0 Å². The van der Waals surface area contributed by atoms with Crippen LogP contribution in [0.15, 0.2) is 0 Å². The number of aliphatic hydroxyl groups is 1. The largest absolute Gasteiger partial charge is 0.481 e.